The van der Waals surface area contributed by atoms with Crippen LogP contribution in [0.25, 0.3) is 89.1 Å². The van der Waals surface area contributed by atoms with Crippen molar-refractivity contribution in [2.75, 3.05) is 0 Å². The van der Waals surface area contributed by atoms with Gasteiger partial charge in [0.1, 0.15) is 11.5 Å². The van der Waals surface area contributed by atoms with Gasteiger partial charge in [-0.15, -0.1) is 0 Å². The second-order valence-corrected chi connectivity index (χ2v) is 24.0. The Morgan fingerprint density at radius 3 is 1.01 bits per heavy atom. The van der Waals surface area contributed by atoms with Gasteiger partial charge in [-0.3, -0.25) is 0 Å². The van der Waals surface area contributed by atoms with Crippen LogP contribution >= 0.6 is 0 Å². The molecule has 9 rings (SSSR count). The molecule has 0 aliphatic rings. The number of para-hydroxylation sites is 2. The number of hydrogen-bond acceptors (Lipinski definition) is 3. The van der Waals surface area contributed by atoms with E-state index in [-0.39, 0.29) is 74.2 Å². The fourth-order valence-corrected chi connectivity index (χ4v) is 10.3. The largest absolute Gasteiger partial charge is 2.00 e. The second kappa shape index (κ2) is 20.0. The molecule has 0 unspecified atom stereocenters. The zero-order chi connectivity index (χ0) is 50.6. The third kappa shape index (κ3) is 10.3. The van der Waals surface area contributed by atoms with Crippen molar-refractivity contribution in [3.8, 4) is 78.8 Å². The van der Waals surface area contributed by atoms with E-state index in [4.69, 9.17) is 4.98 Å². The molecule has 0 bridgehead atoms. The molecule has 0 saturated carbocycles. The number of rotatable bonds is 6. The number of phenols is 2. The average Bonchev–Trinajstić information content (AvgIpc) is 3.76. The van der Waals surface area contributed by atoms with E-state index in [0.29, 0.717) is 0 Å². The molecule has 3 aromatic heterocycles. The molecule has 6 aromatic carbocycles. The first-order valence-corrected chi connectivity index (χ1v) is 24.9. The van der Waals surface area contributed by atoms with Crippen molar-refractivity contribution >= 4 is 21.8 Å². The Hall–Kier alpha value is -5.97. The summed E-state index contributed by atoms with van der Waals surface area (Å²) in [5.41, 5.74) is 19.2. The number of aromatic nitrogens is 3. The fourth-order valence-electron chi connectivity index (χ4n) is 10.3. The summed E-state index contributed by atoms with van der Waals surface area (Å²) in [6, 6.07) is 45.3. The Kier molecular flexibility index (Phi) is 15.5. The van der Waals surface area contributed by atoms with E-state index in [9.17, 15) is 10.2 Å². The Labute approximate surface area is 456 Å². The van der Waals surface area contributed by atoms with Gasteiger partial charge in [0.05, 0.1) is 22.8 Å². The van der Waals surface area contributed by atoms with Gasteiger partial charge < -0.3 is 34.2 Å². The van der Waals surface area contributed by atoms with Gasteiger partial charge in [-0.2, -0.15) is 0 Å². The van der Waals surface area contributed by atoms with Gasteiger partial charge in [0.2, 0.25) is 0 Å². The molecule has 0 atom stereocenters. The topological polar surface area (TPSA) is 63.2 Å². The summed E-state index contributed by atoms with van der Waals surface area (Å²) in [7, 11) is 4.18. The monoisotopic (exact) mass is 1050 g/mol. The van der Waals surface area contributed by atoms with Crippen LogP contribution in [0.3, 0.4) is 0 Å². The van der Waals surface area contributed by atoms with Crippen LogP contribution in [0.5, 0.6) is 11.5 Å². The summed E-state index contributed by atoms with van der Waals surface area (Å²) < 4.78 is 4.41. The van der Waals surface area contributed by atoms with Crippen molar-refractivity contribution in [1.29, 1.82) is 0 Å². The minimum Gasteiger partial charge on any atom is -0.507 e. The van der Waals surface area contributed by atoms with Crippen LogP contribution in [0.2, 0.25) is 0 Å². The van der Waals surface area contributed by atoms with Crippen molar-refractivity contribution < 1.29 is 36.4 Å². The molecule has 0 saturated heterocycles. The van der Waals surface area contributed by atoms with E-state index in [1.807, 2.05) is 0 Å². The van der Waals surface area contributed by atoms with Crippen molar-refractivity contribution in [2.24, 2.45) is 14.1 Å². The van der Waals surface area contributed by atoms with Crippen LogP contribution in [0.15, 0.2) is 127 Å². The van der Waals surface area contributed by atoms with Crippen LogP contribution < -0.4 is 0 Å². The summed E-state index contributed by atoms with van der Waals surface area (Å²) in [6.07, 6.45) is 0. The van der Waals surface area contributed by atoms with Crippen LogP contribution in [0, 0.1) is 28.7 Å². The van der Waals surface area contributed by atoms with Gasteiger partial charge in [-0.25, -0.2) is 4.98 Å². The predicted molar refractivity (Wildman–Crippen MR) is 310 cm³/mol. The first kappa shape index (κ1) is 56.3. The standard InChI is InChI=1S/C65H71N3O2.2CH3.Zr/c1-38-28-48(40-32-42(62(3,4)5)36-43(33-40)63(6,7)8)60(69)50(30-38)58-56(46-22-17-19-26-54(46)67(58)15)52-24-21-25-53(66-52)57-47-23-18-20-27-55(47)68(16)59(57)51-31-39(2)29-49(61(51)70)41-34-44(64(9,10)11)37-45(35-41)65(12,13)14;;;/h17-37,69-70H,1-16H3;2*1H3;/q;2*-1;+2. The molecule has 9 aromatic rings. The summed E-state index contributed by atoms with van der Waals surface area (Å²) >= 11 is 0. The first-order chi connectivity index (χ1) is 32.7. The van der Waals surface area contributed by atoms with Gasteiger partial charge in [0.25, 0.3) is 0 Å². The number of phenolic OH excluding ortho intramolecular Hbond substituents is 2. The minimum absolute atomic E-state index is 0. The summed E-state index contributed by atoms with van der Waals surface area (Å²) in [5, 5.41) is 27.6. The predicted octanol–water partition coefficient (Wildman–Crippen LogP) is 18.2. The molecule has 0 aliphatic heterocycles. The van der Waals surface area contributed by atoms with Crippen molar-refractivity contribution in [3.63, 3.8) is 0 Å². The number of pyridine rings is 1. The number of aromatic hydroxyl groups is 2. The Bertz CT molecular complexity index is 3240. The molecule has 0 amide bonds. The average molecular weight is 1050 g/mol. The van der Waals surface area contributed by atoms with Gasteiger partial charge in [0.15, 0.2) is 0 Å². The maximum Gasteiger partial charge on any atom is 2.00 e. The van der Waals surface area contributed by atoms with Gasteiger partial charge in [-0.05, 0) is 129 Å². The molecular weight excluding hydrogens is 970 g/mol. The number of nitrogens with zero attached hydrogens (tertiary/aromatic N) is 3. The van der Waals surface area contributed by atoms with Crippen molar-refractivity contribution in [2.45, 2.75) is 119 Å². The zero-order valence-corrected chi connectivity index (χ0v) is 49.3. The molecule has 0 radical (unpaired) electrons. The fraction of sp³-hybridized carbons (Fsp3) is 0.299. The zero-order valence-electron chi connectivity index (χ0n) is 46.9. The first-order valence-electron chi connectivity index (χ1n) is 24.9. The molecule has 376 valence electrons. The number of aryl methyl sites for hydroxylation is 4. The Morgan fingerprint density at radius 2 is 0.699 bits per heavy atom. The van der Waals surface area contributed by atoms with Crippen LogP contribution in [0.4, 0.5) is 0 Å². The molecule has 3 heterocycles. The summed E-state index contributed by atoms with van der Waals surface area (Å²) in [5.74, 6) is 0.481. The number of benzene rings is 6. The molecule has 0 fully saturated rings. The third-order valence-corrected chi connectivity index (χ3v) is 14.4. The van der Waals surface area contributed by atoms with E-state index in [1.165, 1.54) is 22.3 Å². The summed E-state index contributed by atoms with van der Waals surface area (Å²) in [6.45, 7) is 31.2. The van der Waals surface area contributed by atoms with Crippen LogP contribution in [-0.2, 0) is 62.0 Å². The molecule has 0 aliphatic carbocycles. The normalized spacial score (nSPS) is 12.2. The van der Waals surface area contributed by atoms with Gasteiger partial charge in [0, 0.05) is 69.3 Å². The number of fused-ring (bicyclic) bond motifs is 2. The quantitative estimate of drug-likeness (QED) is 0.163. The van der Waals surface area contributed by atoms with Crippen LogP contribution in [-0.4, -0.2) is 24.3 Å². The van der Waals surface area contributed by atoms with Crippen molar-refractivity contribution in [1.82, 2.24) is 14.1 Å². The van der Waals surface area contributed by atoms with Gasteiger partial charge in [-0.1, -0.05) is 162 Å². The van der Waals surface area contributed by atoms with E-state index in [1.54, 1.807) is 0 Å². The summed E-state index contributed by atoms with van der Waals surface area (Å²) in [4.78, 5) is 5.64. The van der Waals surface area contributed by atoms with E-state index in [2.05, 4.69) is 248 Å². The Balaban J connectivity index is 0.00000290. The molecular formula is C67H77N3O2Zr. The molecule has 73 heavy (non-hydrogen) atoms. The number of hydrogen-bond donors (Lipinski definition) is 2. The Morgan fingerprint density at radius 1 is 0.397 bits per heavy atom. The molecule has 0 spiro atoms. The second-order valence-electron chi connectivity index (χ2n) is 24.0. The van der Waals surface area contributed by atoms with E-state index >= 15 is 0 Å². The minimum atomic E-state index is -0.0868. The van der Waals surface area contributed by atoms with Crippen molar-refractivity contribution in [3.05, 3.63) is 176 Å². The third-order valence-electron chi connectivity index (χ3n) is 14.4. The van der Waals surface area contributed by atoms with Gasteiger partial charge >= 0.3 is 26.2 Å². The van der Waals surface area contributed by atoms with Crippen LogP contribution in [0.1, 0.15) is 116 Å². The SMILES string of the molecule is Cc1cc(-c2cc(C(C)(C)C)cc(C(C)(C)C)c2)c(O)c(-c2c(-c3cccc(-c4c(-c5cc(C)cc(-c6cc(C(C)(C)C)cc(C(C)(C)C)c6)c5O)n(C)c5ccccc45)n3)c3ccccc3n2C)c1.[CH3-].[CH3-].[Zr+2]. The smallest absolute Gasteiger partial charge is 0.507 e. The molecule has 6 heteroatoms. The van der Waals surface area contributed by atoms with E-state index in [0.717, 1.165) is 100 Å². The maximum atomic E-state index is 12.7. The molecule has 5 nitrogen and oxygen atoms in total. The molecule has 2 N–H and O–H groups in total. The maximum absolute atomic E-state index is 12.7. The van der Waals surface area contributed by atoms with E-state index < -0.39 is 0 Å².